The quantitative estimate of drug-likeness (QED) is 0.928. The molecular weight excluding hydrogens is 273 g/mol. The number of aromatic nitrogens is 1. The number of ether oxygens (including phenoxy) is 1. The molecule has 6 heteroatoms. The standard InChI is InChI=1S/C12H17Cl2N3O/c1-3-8-7-18-5-4-17(8)12-10(14)6-9(13)11(15-2)16-12/h6,8H,3-5,7H2,1-2H3,(H,15,16). The lowest BCUT2D eigenvalue weighted by atomic mass is 10.2. The van der Waals surface area contributed by atoms with Gasteiger partial charge in [-0.05, 0) is 12.5 Å². The van der Waals surface area contributed by atoms with E-state index in [0.29, 0.717) is 35.1 Å². The molecule has 1 fully saturated rings. The van der Waals surface area contributed by atoms with E-state index in [0.717, 1.165) is 18.8 Å². The molecule has 1 saturated heterocycles. The highest BCUT2D eigenvalue weighted by atomic mass is 35.5. The molecule has 0 aromatic carbocycles. The predicted molar refractivity (Wildman–Crippen MR) is 76.0 cm³/mol. The van der Waals surface area contributed by atoms with Crippen LogP contribution in [-0.4, -0.2) is 37.8 Å². The highest BCUT2D eigenvalue weighted by Gasteiger charge is 2.25. The van der Waals surface area contributed by atoms with Crippen molar-refractivity contribution in [2.75, 3.05) is 37.0 Å². The molecule has 100 valence electrons. The van der Waals surface area contributed by atoms with E-state index in [1.165, 1.54) is 0 Å². The Balaban J connectivity index is 2.36. The van der Waals surface area contributed by atoms with Gasteiger partial charge in [0.25, 0.3) is 0 Å². The van der Waals surface area contributed by atoms with Crippen LogP contribution in [0.2, 0.25) is 10.0 Å². The maximum Gasteiger partial charge on any atom is 0.150 e. The van der Waals surface area contributed by atoms with Crippen molar-refractivity contribution < 1.29 is 4.74 Å². The van der Waals surface area contributed by atoms with E-state index < -0.39 is 0 Å². The third-order valence-electron chi connectivity index (χ3n) is 3.12. The number of nitrogens with one attached hydrogen (secondary N) is 1. The molecule has 0 saturated carbocycles. The lowest BCUT2D eigenvalue weighted by Gasteiger charge is -2.36. The monoisotopic (exact) mass is 289 g/mol. The van der Waals surface area contributed by atoms with Crippen molar-refractivity contribution in [2.45, 2.75) is 19.4 Å². The fourth-order valence-electron chi connectivity index (χ4n) is 2.11. The van der Waals surface area contributed by atoms with Crippen LogP contribution in [0, 0.1) is 0 Å². The van der Waals surface area contributed by atoms with E-state index in [-0.39, 0.29) is 0 Å². The van der Waals surface area contributed by atoms with Crippen LogP contribution in [-0.2, 0) is 4.74 Å². The maximum absolute atomic E-state index is 6.26. The summed E-state index contributed by atoms with van der Waals surface area (Å²) >= 11 is 12.3. The zero-order valence-electron chi connectivity index (χ0n) is 10.5. The van der Waals surface area contributed by atoms with Crippen molar-refractivity contribution in [1.29, 1.82) is 0 Å². The Bertz CT molecular complexity index is 428. The van der Waals surface area contributed by atoms with Crippen molar-refractivity contribution in [3.63, 3.8) is 0 Å². The number of pyridine rings is 1. The fourth-order valence-corrected chi connectivity index (χ4v) is 2.67. The Morgan fingerprint density at radius 2 is 2.28 bits per heavy atom. The molecule has 2 rings (SSSR count). The molecule has 2 heterocycles. The molecule has 0 spiro atoms. The second-order valence-corrected chi connectivity index (χ2v) is 5.02. The highest BCUT2D eigenvalue weighted by molar-refractivity contribution is 6.37. The van der Waals surface area contributed by atoms with Crippen LogP contribution in [0.25, 0.3) is 0 Å². The topological polar surface area (TPSA) is 37.4 Å². The smallest absolute Gasteiger partial charge is 0.150 e. The molecule has 1 unspecified atom stereocenters. The lowest BCUT2D eigenvalue weighted by molar-refractivity contribution is 0.0926. The van der Waals surface area contributed by atoms with Crippen LogP contribution in [0.5, 0.6) is 0 Å². The lowest BCUT2D eigenvalue weighted by Crippen LogP contribution is -2.45. The minimum absolute atomic E-state index is 0.314. The first kappa shape index (κ1) is 13.7. The third-order valence-corrected chi connectivity index (χ3v) is 3.68. The average Bonchev–Trinajstić information content (AvgIpc) is 2.39. The number of rotatable bonds is 3. The van der Waals surface area contributed by atoms with Gasteiger partial charge in [-0.1, -0.05) is 30.1 Å². The first-order valence-electron chi connectivity index (χ1n) is 6.05. The number of morpholine rings is 1. The molecule has 0 bridgehead atoms. The molecule has 1 aliphatic heterocycles. The number of anilines is 2. The van der Waals surface area contributed by atoms with E-state index in [2.05, 4.69) is 22.1 Å². The summed E-state index contributed by atoms with van der Waals surface area (Å²) in [5, 5.41) is 4.09. The van der Waals surface area contributed by atoms with Gasteiger partial charge in [0, 0.05) is 13.6 Å². The van der Waals surface area contributed by atoms with Gasteiger partial charge in [0.2, 0.25) is 0 Å². The molecule has 1 N–H and O–H groups in total. The summed E-state index contributed by atoms with van der Waals surface area (Å²) in [4.78, 5) is 6.70. The van der Waals surface area contributed by atoms with Gasteiger partial charge in [-0.3, -0.25) is 0 Å². The van der Waals surface area contributed by atoms with Crippen molar-refractivity contribution >= 4 is 34.8 Å². The molecule has 0 aliphatic carbocycles. The van der Waals surface area contributed by atoms with Gasteiger partial charge in [-0.2, -0.15) is 0 Å². The normalized spacial score (nSPS) is 20.0. The minimum Gasteiger partial charge on any atom is -0.377 e. The van der Waals surface area contributed by atoms with Crippen LogP contribution in [0.4, 0.5) is 11.6 Å². The Morgan fingerprint density at radius 1 is 1.50 bits per heavy atom. The van der Waals surface area contributed by atoms with E-state index in [1.807, 2.05) is 0 Å². The summed E-state index contributed by atoms with van der Waals surface area (Å²) in [5.41, 5.74) is 0. The molecular formula is C12H17Cl2N3O. The van der Waals surface area contributed by atoms with Crippen LogP contribution < -0.4 is 10.2 Å². The zero-order valence-corrected chi connectivity index (χ0v) is 12.1. The molecule has 1 aromatic heterocycles. The second-order valence-electron chi connectivity index (χ2n) is 4.20. The van der Waals surface area contributed by atoms with E-state index >= 15 is 0 Å². The van der Waals surface area contributed by atoms with Crippen molar-refractivity contribution in [2.24, 2.45) is 0 Å². The van der Waals surface area contributed by atoms with E-state index in [1.54, 1.807) is 13.1 Å². The average molecular weight is 290 g/mol. The van der Waals surface area contributed by atoms with Crippen LogP contribution in [0.15, 0.2) is 6.07 Å². The Labute approximate surface area is 117 Å². The zero-order chi connectivity index (χ0) is 13.1. The summed E-state index contributed by atoms with van der Waals surface area (Å²) in [6.07, 6.45) is 0.996. The van der Waals surface area contributed by atoms with Gasteiger partial charge >= 0.3 is 0 Å². The van der Waals surface area contributed by atoms with Crippen LogP contribution >= 0.6 is 23.2 Å². The number of halogens is 2. The number of hydrogen-bond acceptors (Lipinski definition) is 4. The van der Waals surface area contributed by atoms with Gasteiger partial charge in [-0.15, -0.1) is 0 Å². The molecule has 0 radical (unpaired) electrons. The van der Waals surface area contributed by atoms with Gasteiger partial charge in [-0.25, -0.2) is 4.98 Å². The van der Waals surface area contributed by atoms with E-state index in [4.69, 9.17) is 27.9 Å². The largest absolute Gasteiger partial charge is 0.377 e. The Hall–Kier alpha value is -0.710. The third kappa shape index (κ3) is 2.66. The molecule has 0 amide bonds. The Kier molecular flexibility index (Phi) is 4.54. The molecule has 1 aliphatic rings. The van der Waals surface area contributed by atoms with Gasteiger partial charge in [0.15, 0.2) is 0 Å². The van der Waals surface area contributed by atoms with Gasteiger partial charge in [0.1, 0.15) is 11.6 Å². The SMILES string of the molecule is CCC1COCCN1c1nc(NC)c(Cl)cc1Cl. The molecule has 1 aromatic rings. The van der Waals surface area contributed by atoms with Gasteiger partial charge in [0.05, 0.1) is 29.3 Å². The molecule has 4 nitrogen and oxygen atoms in total. The second kappa shape index (κ2) is 5.95. The van der Waals surface area contributed by atoms with Crippen molar-refractivity contribution in [1.82, 2.24) is 4.98 Å². The summed E-state index contributed by atoms with van der Waals surface area (Å²) in [7, 11) is 1.79. The predicted octanol–water partition coefficient (Wildman–Crippen LogP) is 3.05. The van der Waals surface area contributed by atoms with Crippen molar-refractivity contribution in [3.8, 4) is 0 Å². The van der Waals surface area contributed by atoms with Crippen LogP contribution in [0.1, 0.15) is 13.3 Å². The molecule has 18 heavy (non-hydrogen) atoms. The van der Waals surface area contributed by atoms with Crippen LogP contribution in [0.3, 0.4) is 0 Å². The number of nitrogens with zero attached hydrogens (tertiary/aromatic N) is 2. The van der Waals surface area contributed by atoms with E-state index in [9.17, 15) is 0 Å². The first-order valence-corrected chi connectivity index (χ1v) is 6.81. The minimum atomic E-state index is 0.314. The fraction of sp³-hybridized carbons (Fsp3) is 0.583. The number of hydrogen-bond donors (Lipinski definition) is 1. The Morgan fingerprint density at radius 3 is 2.94 bits per heavy atom. The van der Waals surface area contributed by atoms with Crippen molar-refractivity contribution in [3.05, 3.63) is 16.1 Å². The summed E-state index contributed by atoms with van der Waals surface area (Å²) in [6, 6.07) is 2.05. The summed E-state index contributed by atoms with van der Waals surface area (Å²) < 4.78 is 5.49. The summed E-state index contributed by atoms with van der Waals surface area (Å²) in [6.45, 7) is 4.35. The van der Waals surface area contributed by atoms with Gasteiger partial charge < -0.3 is 15.0 Å². The highest BCUT2D eigenvalue weighted by Crippen LogP contribution is 2.33. The molecule has 1 atom stereocenters. The summed E-state index contributed by atoms with van der Waals surface area (Å²) in [5.74, 6) is 1.43. The maximum atomic E-state index is 6.26. The first-order chi connectivity index (χ1) is 8.67.